The quantitative estimate of drug-likeness (QED) is 0.558. The molecule has 0 radical (unpaired) electrons. The molecule has 4 atom stereocenters. The fourth-order valence-electron chi connectivity index (χ4n) is 1.93. The maximum Gasteiger partial charge on any atom is 0.330 e. The van der Waals surface area contributed by atoms with Gasteiger partial charge in [-0.25, -0.2) is 9.18 Å². The fourth-order valence-corrected chi connectivity index (χ4v) is 1.93. The van der Waals surface area contributed by atoms with Crippen LogP contribution in [0.1, 0.15) is 6.23 Å². The first-order chi connectivity index (χ1) is 8.92. The van der Waals surface area contributed by atoms with E-state index in [1.165, 1.54) is 0 Å². The van der Waals surface area contributed by atoms with Crippen molar-refractivity contribution in [2.75, 3.05) is 6.61 Å². The van der Waals surface area contributed by atoms with Crippen LogP contribution in [0.15, 0.2) is 21.9 Å². The summed E-state index contributed by atoms with van der Waals surface area (Å²) in [6.45, 7) is -1.11. The molecular weight excluding hydrogens is 259 g/mol. The molecule has 102 valence electrons. The van der Waals surface area contributed by atoms with E-state index < -0.39 is 42.0 Å². The molecule has 1 aliphatic rings. The van der Waals surface area contributed by atoms with Gasteiger partial charge in [0.25, 0.3) is 11.4 Å². The standard InChI is InChI=1S/C11H11FN2O5/c1-2-6-8(17)11(12,5-15)19-9(6)14-4-3-7(16)13-10(14)18/h1,3-4,6,8-9,15,17H,5H2,(H,13,16,18)/t6-,8-,9+,11+/m0/s1. The van der Waals surface area contributed by atoms with Gasteiger partial charge in [0.2, 0.25) is 0 Å². The number of aliphatic hydroxyl groups is 2. The maximum absolute atomic E-state index is 14.0. The lowest BCUT2D eigenvalue weighted by atomic mass is 9.99. The molecule has 0 amide bonds. The summed E-state index contributed by atoms with van der Waals surface area (Å²) >= 11 is 0. The molecule has 3 N–H and O–H groups in total. The third kappa shape index (κ3) is 2.08. The van der Waals surface area contributed by atoms with Crippen LogP contribution in [0.4, 0.5) is 4.39 Å². The van der Waals surface area contributed by atoms with E-state index in [4.69, 9.17) is 16.3 Å². The Morgan fingerprint density at radius 1 is 1.63 bits per heavy atom. The first-order valence-corrected chi connectivity index (χ1v) is 5.36. The number of terminal acetylenes is 1. The Balaban J connectivity index is 2.48. The number of halogens is 1. The Kier molecular flexibility index (Phi) is 3.28. The molecule has 0 bridgehead atoms. The van der Waals surface area contributed by atoms with Crippen LogP contribution in [0.5, 0.6) is 0 Å². The van der Waals surface area contributed by atoms with Crippen LogP contribution in [0, 0.1) is 18.3 Å². The minimum absolute atomic E-state index is 0.634. The van der Waals surface area contributed by atoms with Gasteiger partial charge in [-0.2, -0.15) is 0 Å². The van der Waals surface area contributed by atoms with Crippen molar-refractivity contribution in [1.29, 1.82) is 0 Å². The third-order valence-corrected chi connectivity index (χ3v) is 2.94. The second kappa shape index (κ2) is 4.62. The predicted molar refractivity (Wildman–Crippen MR) is 60.7 cm³/mol. The first kappa shape index (κ1) is 13.5. The minimum Gasteiger partial charge on any atom is -0.390 e. The summed E-state index contributed by atoms with van der Waals surface area (Å²) < 4.78 is 19.7. The van der Waals surface area contributed by atoms with Crippen LogP contribution >= 0.6 is 0 Å². The average molecular weight is 270 g/mol. The fraction of sp³-hybridized carbons (Fsp3) is 0.455. The van der Waals surface area contributed by atoms with E-state index in [2.05, 4.69) is 5.92 Å². The van der Waals surface area contributed by atoms with E-state index in [1.807, 2.05) is 4.98 Å². The predicted octanol–water partition coefficient (Wildman–Crippen LogP) is -1.67. The Morgan fingerprint density at radius 2 is 2.32 bits per heavy atom. The number of aromatic nitrogens is 2. The van der Waals surface area contributed by atoms with E-state index in [9.17, 15) is 19.1 Å². The van der Waals surface area contributed by atoms with E-state index in [0.717, 1.165) is 16.8 Å². The molecule has 0 saturated carbocycles. The van der Waals surface area contributed by atoms with E-state index in [-0.39, 0.29) is 0 Å². The van der Waals surface area contributed by atoms with E-state index >= 15 is 0 Å². The highest BCUT2D eigenvalue weighted by Crippen LogP contribution is 2.41. The molecule has 0 aromatic carbocycles. The molecule has 1 fully saturated rings. The minimum atomic E-state index is -2.75. The topological polar surface area (TPSA) is 105 Å². The average Bonchev–Trinajstić information content (AvgIpc) is 2.62. The van der Waals surface area contributed by atoms with Crippen molar-refractivity contribution in [3.8, 4) is 12.3 Å². The van der Waals surface area contributed by atoms with E-state index in [0.29, 0.717) is 0 Å². The zero-order chi connectivity index (χ0) is 14.2. The van der Waals surface area contributed by atoms with Crippen LogP contribution < -0.4 is 11.2 Å². The van der Waals surface area contributed by atoms with Gasteiger partial charge in [0, 0.05) is 12.3 Å². The second-order valence-electron chi connectivity index (χ2n) is 4.11. The van der Waals surface area contributed by atoms with Crippen LogP contribution in [-0.4, -0.2) is 38.3 Å². The first-order valence-electron chi connectivity index (χ1n) is 5.36. The number of H-pyrrole nitrogens is 1. The zero-order valence-corrected chi connectivity index (χ0v) is 9.62. The number of ether oxygens (including phenoxy) is 1. The summed E-state index contributed by atoms with van der Waals surface area (Å²) in [6.07, 6.45) is 3.15. The zero-order valence-electron chi connectivity index (χ0n) is 9.62. The molecule has 2 rings (SSSR count). The summed E-state index contributed by atoms with van der Waals surface area (Å²) in [5, 5.41) is 18.6. The van der Waals surface area contributed by atoms with Crippen LogP contribution in [0.2, 0.25) is 0 Å². The molecule has 1 aromatic rings. The Hall–Kier alpha value is -1.95. The van der Waals surface area contributed by atoms with Crippen molar-refractivity contribution < 1.29 is 19.3 Å². The molecule has 7 nitrogen and oxygen atoms in total. The second-order valence-corrected chi connectivity index (χ2v) is 4.11. The van der Waals surface area contributed by atoms with Crippen LogP contribution in [-0.2, 0) is 4.74 Å². The summed E-state index contributed by atoms with van der Waals surface area (Å²) in [4.78, 5) is 24.5. The molecule has 2 heterocycles. The van der Waals surface area contributed by atoms with Crippen molar-refractivity contribution in [3.05, 3.63) is 33.1 Å². The largest absolute Gasteiger partial charge is 0.390 e. The van der Waals surface area contributed by atoms with Crippen molar-refractivity contribution in [2.24, 2.45) is 5.92 Å². The van der Waals surface area contributed by atoms with Gasteiger partial charge in [0.15, 0.2) is 6.23 Å². The van der Waals surface area contributed by atoms with Gasteiger partial charge in [-0.05, 0) is 0 Å². The smallest absolute Gasteiger partial charge is 0.330 e. The summed E-state index contributed by atoms with van der Waals surface area (Å²) in [5.41, 5.74) is -1.49. The van der Waals surface area contributed by atoms with Crippen molar-refractivity contribution in [3.63, 3.8) is 0 Å². The van der Waals surface area contributed by atoms with Gasteiger partial charge >= 0.3 is 5.69 Å². The number of nitrogens with zero attached hydrogens (tertiary/aromatic N) is 1. The lowest BCUT2D eigenvalue weighted by Gasteiger charge is -2.20. The van der Waals surface area contributed by atoms with Gasteiger partial charge < -0.3 is 14.9 Å². The molecule has 0 spiro atoms. The van der Waals surface area contributed by atoms with Crippen molar-refractivity contribution >= 4 is 0 Å². The SMILES string of the molecule is C#C[C@@H]1[C@H](n2ccc(=O)[nH]c2=O)O[C@](F)(CO)[C@H]1O. The Bertz CT molecular complexity index is 633. The van der Waals surface area contributed by atoms with E-state index in [1.54, 1.807) is 0 Å². The molecule has 8 heteroatoms. The highest BCUT2D eigenvalue weighted by molar-refractivity contribution is 5.08. The number of hydrogen-bond acceptors (Lipinski definition) is 5. The van der Waals surface area contributed by atoms with Gasteiger partial charge in [-0.3, -0.25) is 14.3 Å². The number of aromatic amines is 1. The Labute approximate surface area is 106 Å². The third-order valence-electron chi connectivity index (χ3n) is 2.94. The van der Waals surface area contributed by atoms with Crippen LogP contribution in [0.3, 0.4) is 0 Å². The van der Waals surface area contributed by atoms with Gasteiger partial charge in [-0.1, -0.05) is 5.92 Å². The van der Waals surface area contributed by atoms with Crippen LogP contribution in [0.25, 0.3) is 0 Å². The highest BCUT2D eigenvalue weighted by Gasteiger charge is 2.55. The van der Waals surface area contributed by atoms with Crippen molar-refractivity contribution in [2.45, 2.75) is 18.2 Å². The summed E-state index contributed by atoms with van der Waals surface area (Å²) in [7, 11) is 0. The molecule has 1 saturated heterocycles. The highest BCUT2D eigenvalue weighted by atomic mass is 19.2. The summed E-state index contributed by atoms with van der Waals surface area (Å²) in [5.74, 6) is -1.82. The number of nitrogens with one attached hydrogen (secondary N) is 1. The normalized spacial score (nSPS) is 34.1. The van der Waals surface area contributed by atoms with Gasteiger partial charge in [-0.15, -0.1) is 6.42 Å². The molecule has 1 aliphatic heterocycles. The monoisotopic (exact) mass is 270 g/mol. The molecule has 0 unspecified atom stereocenters. The summed E-state index contributed by atoms with van der Waals surface area (Å²) in [6, 6.07) is 1.03. The molecule has 0 aliphatic carbocycles. The molecule has 1 aromatic heterocycles. The Morgan fingerprint density at radius 3 is 2.84 bits per heavy atom. The number of aliphatic hydroxyl groups excluding tert-OH is 2. The van der Waals surface area contributed by atoms with Gasteiger partial charge in [0.05, 0.1) is 5.92 Å². The molecule has 19 heavy (non-hydrogen) atoms. The lowest BCUT2D eigenvalue weighted by molar-refractivity contribution is -0.207. The number of rotatable bonds is 2. The number of hydrogen-bond donors (Lipinski definition) is 3. The van der Waals surface area contributed by atoms with Crippen molar-refractivity contribution in [1.82, 2.24) is 9.55 Å². The molecular formula is C11H11FN2O5. The number of alkyl halides is 1. The maximum atomic E-state index is 14.0. The van der Waals surface area contributed by atoms with Gasteiger partial charge in [0.1, 0.15) is 12.7 Å². The lowest BCUT2D eigenvalue weighted by Crippen LogP contribution is -2.40.